The molecule has 8 heteroatoms. The van der Waals surface area contributed by atoms with E-state index in [0.29, 0.717) is 0 Å². The average molecular weight is 261 g/mol. The minimum atomic E-state index is -4.84. The third-order valence-electron chi connectivity index (χ3n) is 1.40. The van der Waals surface area contributed by atoms with Crippen molar-refractivity contribution >= 4 is 23.2 Å². The number of ether oxygens (including phenoxy) is 1. The van der Waals surface area contributed by atoms with Crippen LogP contribution in [-0.4, -0.2) is 11.3 Å². The lowest BCUT2D eigenvalue weighted by Gasteiger charge is -2.11. The number of rotatable bonds is 2. The van der Waals surface area contributed by atoms with Crippen molar-refractivity contribution in [3.63, 3.8) is 0 Å². The van der Waals surface area contributed by atoms with Gasteiger partial charge in [0.25, 0.3) is 0 Å². The quantitative estimate of drug-likeness (QED) is 0.832. The number of pyridine rings is 1. The molecule has 2 N–H and O–H groups in total. The van der Waals surface area contributed by atoms with Crippen LogP contribution in [0.4, 0.5) is 13.2 Å². The van der Waals surface area contributed by atoms with Gasteiger partial charge in [-0.25, -0.2) is 0 Å². The molecule has 0 bridgehead atoms. The summed E-state index contributed by atoms with van der Waals surface area (Å²) in [6, 6.07) is 1.18. The molecule has 3 nitrogen and oxygen atoms in total. The summed E-state index contributed by atoms with van der Waals surface area (Å²) in [5, 5.41) is -0.250. The Balaban J connectivity index is 3.11. The molecule has 0 aliphatic heterocycles. The van der Waals surface area contributed by atoms with Crippen LogP contribution < -0.4 is 10.5 Å². The molecule has 0 fully saturated rings. The smallest absolute Gasteiger partial charge is 0.387 e. The number of hydrogen-bond donors (Lipinski definition) is 1. The van der Waals surface area contributed by atoms with E-state index in [1.54, 1.807) is 0 Å². The Kier molecular flexibility index (Phi) is 3.64. The van der Waals surface area contributed by atoms with Crippen LogP contribution in [-0.2, 0) is 6.54 Å². The Bertz CT molecular complexity index is 370. The fourth-order valence-corrected chi connectivity index (χ4v) is 1.14. The van der Waals surface area contributed by atoms with Gasteiger partial charge < -0.3 is 10.5 Å². The minimum Gasteiger partial charge on any atom is -0.387 e. The van der Waals surface area contributed by atoms with Crippen molar-refractivity contribution < 1.29 is 17.9 Å². The summed E-state index contributed by atoms with van der Waals surface area (Å²) in [5.41, 5.74) is 5.23. The first-order valence-electron chi connectivity index (χ1n) is 3.64. The van der Waals surface area contributed by atoms with Crippen LogP contribution in [0, 0.1) is 0 Å². The zero-order valence-electron chi connectivity index (χ0n) is 7.11. The van der Waals surface area contributed by atoms with Gasteiger partial charge in [-0.3, -0.25) is 0 Å². The lowest BCUT2D eigenvalue weighted by molar-refractivity contribution is -0.276. The number of hydrogen-bond acceptors (Lipinski definition) is 3. The predicted molar refractivity (Wildman–Crippen MR) is 48.8 cm³/mol. The first-order valence-corrected chi connectivity index (χ1v) is 4.40. The summed E-state index contributed by atoms with van der Waals surface area (Å²) in [6.07, 6.45) is -4.84. The maximum atomic E-state index is 11.9. The number of aromatic nitrogens is 1. The Morgan fingerprint density at radius 2 is 2.00 bits per heavy atom. The molecule has 0 spiro atoms. The molecule has 0 saturated heterocycles. The molecule has 84 valence electrons. The highest BCUT2D eigenvalue weighted by molar-refractivity contribution is 6.41. The topological polar surface area (TPSA) is 48.1 Å². The highest BCUT2D eigenvalue weighted by Crippen LogP contribution is 2.30. The second-order valence-electron chi connectivity index (χ2n) is 2.48. The van der Waals surface area contributed by atoms with Gasteiger partial charge in [0.2, 0.25) is 5.88 Å². The van der Waals surface area contributed by atoms with Gasteiger partial charge in [0.1, 0.15) is 0 Å². The molecular weight excluding hydrogens is 256 g/mol. The minimum absolute atomic E-state index is 0.0200. The second kappa shape index (κ2) is 4.42. The van der Waals surface area contributed by atoms with E-state index in [-0.39, 0.29) is 22.3 Å². The van der Waals surface area contributed by atoms with Crippen molar-refractivity contribution in [1.29, 1.82) is 0 Å². The van der Waals surface area contributed by atoms with E-state index in [4.69, 9.17) is 28.9 Å². The van der Waals surface area contributed by atoms with Crippen molar-refractivity contribution in [3.8, 4) is 5.88 Å². The molecule has 0 unspecified atom stereocenters. The van der Waals surface area contributed by atoms with E-state index in [2.05, 4.69) is 9.72 Å². The highest BCUT2D eigenvalue weighted by atomic mass is 35.5. The molecular formula is C7H5Cl2F3N2O. The summed E-state index contributed by atoms with van der Waals surface area (Å²) in [4.78, 5) is 3.34. The summed E-state index contributed by atoms with van der Waals surface area (Å²) < 4.78 is 39.4. The molecule has 0 saturated carbocycles. The van der Waals surface area contributed by atoms with E-state index in [1.807, 2.05) is 0 Å². The van der Waals surface area contributed by atoms with Crippen LogP contribution in [0.3, 0.4) is 0 Å². The molecule has 0 atom stereocenters. The molecule has 0 aliphatic rings. The zero-order chi connectivity index (χ0) is 11.6. The van der Waals surface area contributed by atoms with Crippen LogP contribution >= 0.6 is 23.2 Å². The molecule has 1 rings (SSSR count). The van der Waals surface area contributed by atoms with E-state index >= 15 is 0 Å². The summed E-state index contributed by atoms with van der Waals surface area (Å²) >= 11 is 11.0. The highest BCUT2D eigenvalue weighted by Gasteiger charge is 2.33. The molecule has 1 aromatic heterocycles. The summed E-state index contributed by atoms with van der Waals surface area (Å²) in [7, 11) is 0. The number of halogens is 5. The van der Waals surface area contributed by atoms with Crippen molar-refractivity contribution in [2.45, 2.75) is 12.9 Å². The van der Waals surface area contributed by atoms with Gasteiger partial charge in [0.05, 0.1) is 5.02 Å². The third kappa shape index (κ3) is 3.40. The van der Waals surface area contributed by atoms with E-state index in [9.17, 15) is 13.2 Å². The SMILES string of the molecule is NCc1cc(Cl)c(Cl)nc1OC(F)(F)F. The fraction of sp³-hybridized carbons (Fsp3) is 0.286. The van der Waals surface area contributed by atoms with E-state index in [1.165, 1.54) is 6.07 Å². The normalized spacial score (nSPS) is 11.6. The van der Waals surface area contributed by atoms with Crippen LogP contribution in [0.25, 0.3) is 0 Å². The largest absolute Gasteiger partial charge is 0.574 e. The van der Waals surface area contributed by atoms with Crippen LogP contribution in [0.1, 0.15) is 5.56 Å². The van der Waals surface area contributed by atoms with Crippen molar-refractivity contribution in [3.05, 3.63) is 21.8 Å². The van der Waals surface area contributed by atoms with Crippen LogP contribution in [0.2, 0.25) is 10.2 Å². The summed E-state index contributed by atoms with van der Waals surface area (Å²) in [5.74, 6) is -0.681. The fourth-order valence-electron chi connectivity index (χ4n) is 0.833. The molecule has 0 aliphatic carbocycles. The molecule has 1 heterocycles. The lowest BCUT2D eigenvalue weighted by atomic mass is 10.3. The molecule has 15 heavy (non-hydrogen) atoms. The first-order chi connectivity index (χ1) is 6.83. The van der Waals surface area contributed by atoms with Crippen molar-refractivity contribution in [2.24, 2.45) is 5.73 Å². The standard InChI is InChI=1S/C7H5Cl2F3N2O/c8-4-1-3(2-13)6(14-5(4)9)15-7(10,11)12/h1H,2,13H2. The van der Waals surface area contributed by atoms with Crippen LogP contribution in [0.15, 0.2) is 6.07 Å². The first kappa shape index (κ1) is 12.4. The molecule has 0 aromatic carbocycles. The van der Waals surface area contributed by atoms with Gasteiger partial charge in [-0.1, -0.05) is 23.2 Å². The maximum absolute atomic E-state index is 11.9. The third-order valence-corrected chi connectivity index (χ3v) is 2.08. The summed E-state index contributed by atoms with van der Waals surface area (Å²) in [6.45, 7) is -0.185. The molecule has 0 radical (unpaired) electrons. The Hall–Kier alpha value is -0.720. The average Bonchev–Trinajstić information content (AvgIpc) is 2.08. The molecule has 0 amide bonds. The van der Waals surface area contributed by atoms with Gasteiger partial charge in [-0.15, -0.1) is 13.2 Å². The van der Waals surface area contributed by atoms with Crippen molar-refractivity contribution in [2.75, 3.05) is 0 Å². The number of nitrogens with two attached hydrogens (primary N) is 1. The van der Waals surface area contributed by atoms with E-state index < -0.39 is 12.2 Å². The lowest BCUT2D eigenvalue weighted by Crippen LogP contribution is -2.19. The number of nitrogens with zero attached hydrogens (tertiary/aromatic N) is 1. The van der Waals surface area contributed by atoms with Gasteiger partial charge in [0, 0.05) is 12.1 Å². The molecule has 1 aromatic rings. The maximum Gasteiger partial charge on any atom is 0.574 e. The Morgan fingerprint density at radius 1 is 1.40 bits per heavy atom. The van der Waals surface area contributed by atoms with Gasteiger partial charge in [0.15, 0.2) is 5.15 Å². The zero-order valence-corrected chi connectivity index (χ0v) is 8.62. The second-order valence-corrected chi connectivity index (χ2v) is 3.24. The van der Waals surface area contributed by atoms with Crippen LogP contribution in [0.5, 0.6) is 5.88 Å². The van der Waals surface area contributed by atoms with Gasteiger partial charge in [-0.05, 0) is 6.07 Å². The Morgan fingerprint density at radius 3 is 2.47 bits per heavy atom. The van der Waals surface area contributed by atoms with E-state index in [0.717, 1.165) is 0 Å². The van der Waals surface area contributed by atoms with Crippen molar-refractivity contribution in [1.82, 2.24) is 4.98 Å². The van der Waals surface area contributed by atoms with Gasteiger partial charge in [-0.2, -0.15) is 4.98 Å². The predicted octanol–water partition coefficient (Wildman–Crippen LogP) is 2.75. The number of alkyl halides is 3. The monoisotopic (exact) mass is 260 g/mol. The van der Waals surface area contributed by atoms with Gasteiger partial charge >= 0.3 is 6.36 Å². The Labute approximate surface area is 92.9 Å².